The van der Waals surface area contributed by atoms with Gasteiger partial charge in [-0.2, -0.15) is 5.10 Å². The van der Waals surface area contributed by atoms with Gasteiger partial charge in [0.05, 0.1) is 5.69 Å². The number of hydrogen-bond acceptors (Lipinski definition) is 3. The van der Waals surface area contributed by atoms with E-state index in [0.717, 1.165) is 32.1 Å². The molecule has 1 fully saturated rings. The van der Waals surface area contributed by atoms with Crippen LogP contribution < -0.4 is 11.3 Å². The van der Waals surface area contributed by atoms with Gasteiger partial charge in [-0.05, 0) is 56.9 Å². The summed E-state index contributed by atoms with van der Waals surface area (Å²) < 4.78 is 0. The minimum Gasteiger partial charge on any atom is -0.294 e. The number of carbonyl (C=O) groups is 1. The Morgan fingerprint density at radius 3 is 2.68 bits per heavy atom. The van der Waals surface area contributed by atoms with Gasteiger partial charge in [0, 0.05) is 17.5 Å². The lowest BCUT2D eigenvalue weighted by Crippen LogP contribution is -2.37. The second kappa shape index (κ2) is 5.33. The van der Waals surface area contributed by atoms with E-state index in [1.165, 1.54) is 36.2 Å². The first-order valence-electron chi connectivity index (χ1n) is 7.36. The standard InChI is InChI=1S/C14H22N4O/c15-16-14(19)10-7-5-9(6-8-10)13-11-3-1-2-4-12(11)17-18-13/h9-10H,1-8,15H2,(H,16,19)(H,17,18). The lowest BCUT2D eigenvalue weighted by atomic mass is 9.78. The molecule has 5 heteroatoms. The Morgan fingerprint density at radius 2 is 1.95 bits per heavy atom. The van der Waals surface area contributed by atoms with Crippen LogP contribution in [-0.2, 0) is 17.6 Å². The minimum atomic E-state index is -0.0116. The Kier molecular flexibility index (Phi) is 3.55. The number of rotatable bonds is 2. The predicted octanol–water partition coefficient (Wildman–Crippen LogP) is 1.55. The molecular formula is C14H22N4O. The molecule has 0 bridgehead atoms. The number of nitrogens with one attached hydrogen (secondary N) is 2. The molecule has 19 heavy (non-hydrogen) atoms. The van der Waals surface area contributed by atoms with E-state index in [1.54, 1.807) is 0 Å². The molecule has 1 aromatic heterocycles. The van der Waals surface area contributed by atoms with E-state index in [-0.39, 0.29) is 11.8 Å². The molecule has 3 rings (SSSR count). The SMILES string of the molecule is NNC(=O)C1CCC(c2n[nH]c3c2CCCC3)CC1. The summed E-state index contributed by atoms with van der Waals surface area (Å²) >= 11 is 0. The molecule has 0 radical (unpaired) electrons. The smallest absolute Gasteiger partial charge is 0.236 e. The molecule has 2 aliphatic carbocycles. The highest BCUT2D eigenvalue weighted by Crippen LogP contribution is 2.38. The number of fused-ring (bicyclic) bond motifs is 1. The fraction of sp³-hybridized carbons (Fsp3) is 0.714. The Morgan fingerprint density at radius 1 is 1.21 bits per heavy atom. The van der Waals surface area contributed by atoms with Gasteiger partial charge in [0.2, 0.25) is 5.91 Å². The first-order valence-corrected chi connectivity index (χ1v) is 7.36. The molecule has 0 aliphatic heterocycles. The van der Waals surface area contributed by atoms with E-state index in [9.17, 15) is 4.79 Å². The molecule has 1 aromatic rings. The summed E-state index contributed by atoms with van der Waals surface area (Å²) in [7, 11) is 0. The van der Waals surface area contributed by atoms with Crippen molar-refractivity contribution in [1.82, 2.24) is 15.6 Å². The van der Waals surface area contributed by atoms with Crippen molar-refractivity contribution in [3.8, 4) is 0 Å². The number of carbonyl (C=O) groups excluding carboxylic acids is 1. The maximum absolute atomic E-state index is 11.5. The zero-order valence-electron chi connectivity index (χ0n) is 11.2. The molecule has 0 spiro atoms. The topological polar surface area (TPSA) is 83.8 Å². The lowest BCUT2D eigenvalue weighted by molar-refractivity contribution is -0.126. The summed E-state index contributed by atoms with van der Waals surface area (Å²) in [5, 5.41) is 7.78. The normalized spacial score (nSPS) is 26.8. The highest BCUT2D eigenvalue weighted by molar-refractivity contribution is 5.78. The summed E-state index contributed by atoms with van der Waals surface area (Å²) in [4.78, 5) is 11.5. The number of nitrogens with zero attached hydrogens (tertiary/aromatic N) is 1. The number of aromatic nitrogens is 2. The van der Waals surface area contributed by atoms with Crippen LogP contribution in [0.1, 0.15) is 61.4 Å². The van der Waals surface area contributed by atoms with E-state index >= 15 is 0 Å². The van der Waals surface area contributed by atoms with Crippen molar-refractivity contribution in [2.45, 2.75) is 57.3 Å². The molecule has 2 aliphatic rings. The first-order chi connectivity index (χ1) is 9.29. The van der Waals surface area contributed by atoms with Gasteiger partial charge in [0.1, 0.15) is 0 Å². The average Bonchev–Trinajstić information content (AvgIpc) is 2.90. The number of H-pyrrole nitrogens is 1. The van der Waals surface area contributed by atoms with Crippen molar-refractivity contribution in [2.75, 3.05) is 0 Å². The number of amides is 1. The third-order valence-corrected chi connectivity index (χ3v) is 4.72. The Bertz CT molecular complexity index is 460. The Hall–Kier alpha value is -1.36. The number of aryl methyl sites for hydroxylation is 1. The van der Waals surface area contributed by atoms with Crippen LogP contribution in [0.4, 0.5) is 0 Å². The van der Waals surface area contributed by atoms with Crippen LogP contribution in [0, 0.1) is 5.92 Å². The van der Waals surface area contributed by atoms with Gasteiger partial charge < -0.3 is 0 Å². The molecule has 4 N–H and O–H groups in total. The zero-order chi connectivity index (χ0) is 13.2. The maximum Gasteiger partial charge on any atom is 0.236 e. The number of hydrazine groups is 1. The monoisotopic (exact) mass is 262 g/mol. The van der Waals surface area contributed by atoms with E-state index in [4.69, 9.17) is 5.84 Å². The highest BCUT2D eigenvalue weighted by Gasteiger charge is 2.30. The van der Waals surface area contributed by atoms with E-state index < -0.39 is 0 Å². The lowest BCUT2D eigenvalue weighted by Gasteiger charge is -2.27. The number of hydrogen-bond donors (Lipinski definition) is 3. The predicted molar refractivity (Wildman–Crippen MR) is 72.3 cm³/mol. The molecule has 0 aromatic carbocycles. The van der Waals surface area contributed by atoms with Crippen molar-refractivity contribution in [3.63, 3.8) is 0 Å². The van der Waals surface area contributed by atoms with Gasteiger partial charge in [-0.1, -0.05) is 0 Å². The van der Waals surface area contributed by atoms with Crippen molar-refractivity contribution in [3.05, 3.63) is 17.0 Å². The van der Waals surface area contributed by atoms with Gasteiger partial charge in [-0.15, -0.1) is 0 Å². The number of nitrogens with two attached hydrogens (primary N) is 1. The molecular weight excluding hydrogens is 240 g/mol. The van der Waals surface area contributed by atoms with Crippen molar-refractivity contribution >= 4 is 5.91 Å². The second-order valence-electron chi connectivity index (χ2n) is 5.83. The van der Waals surface area contributed by atoms with Crippen molar-refractivity contribution in [2.24, 2.45) is 11.8 Å². The third-order valence-electron chi connectivity index (χ3n) is 4.72. The van der Waals surface area contributed by atoms with E-state index in [0.29, 0.717) is 5.92 Å². The van der Waals surface area contributed by atoms with Gasteiger partial charge in [-0.25, -0.2) is 5.84 Å². The van der Waals surface area contributed by atoms with Gasteiger partial charge in [0.15, 0.2) is 0 Å². The third kappa shape index (κ3) is 2.39. The molecule has 1 heterocycles. The summed E-state index contributed by atoms with van der Waals surface area (Å²) in [6.45, 7) is 0. The van der Waals surface area contributed by atoms with Gasteiger partial charge in [0.25, 0.3) is 0 Å². The second-order valence-corrected chi connectivity index (χ2v) is 5.83. The molecule has 5 nitrogen and oxygen atoms in total. The average molecular weight is 262 g/mol. The molecule has 1 saturated carbocycles. The molecule has 0 saturated heterocycles. The molecule has 0 atom stereocenters. The first kappa shape index (κ1) is 12.7. The molecule has 0 unspecified atom stereocenters. The highest BCUT2D eigenvalue weighted by atomic mass is 16.2. The van der Waals surface area contributed by atoms with Crippen LogP contribution in [0.3, 0.4) is 0 Å². The largest absolute Gasteiger partial charge is 0.294 e. The van der Waals surface area contributed by atoms with Gasteiger partial charge >= 0.3 is 0 Å². The molecule has 1 amide bonds. The van der Waals surface area contributed by atoms with E-state index in [1.807, 2.05) is 0 Å². The Labute approximate surface area is 113 Å². The molecule has 104 valence electrons. The zero-order valence-corrected chi connectivity index (χ0v) is 11.2. The fourth-order valence-corrected chi connectivity index (χ4v) is 3.59. The van der Waals surface area contributed by atoms with Crippen LogP contribution in [0.25, 0.3) is 0 Å². The summed E-state index contributed by atoms with van der Waals surface area (Å²) in [6, 6.07) is 0. The van der Waals surface area contributed by atoms with Crippen LogP contribution in [-0.4, -0.2) is 16.1 Å². The van der Waals surface area contributed by atoms with Crippen molar-refractivity contribution < 1.29 is 4.79 Å². The van der Waals surface area contributed by atoms with Crippen LogP contribution in [0.5, 0.6) is 0 Å². The minimum absolute atomic E-state index is 0.0116. The quantitative estimate of drug-likeness (QED) is 0.429. The van der Waals surface area contributed by atoms with Crippen LogP contribution in [0.2, 0.25) is 0 Å². The maximum atomic E-state index is 11.5. The number of aromatic amines is 1. The summed E-state index contributed by atoms with van der Waals surface area (Å²) in [5.41, 5.74) is 6.37. The van der Waals surface area contributed by atoms with Crippen LogP contribution in [0.15, 0.2) is 0 Å². The van der Waals surface area contributed by atoms with E-state index in [2.05, 4.69) is 15.6 Å². The Balaban J connectivity index is 1.68. The van der Waals surface area contributed by atoms with Crippen LogP contribution >= 0.6 is 0 Å². The van der Waals surface area contributed by atoms with Gasteiger partial charge in [-0.3, -0.25) is 15.3 Å². The van der Waals surface area contributed by atoms with Crippen molar-refractivity contribution in [1.29, 1.82) is 0 Å². The fourth-order valence-electron chi connectivity index (χ4n) is 3.59. The summed E-state index contributed by atoms with van der Waals surface area (Å²) in [5.74, 6) is 5.82. The summed E-state index contributed by atoms with van der Waals surface area (Å²) in [6.07, 6.45) is 8.83.